The number of ether oxygens (including phenoxy) is 1. The van der Waals surface area contributed by atoms with Crippen molar-refractivity contribution in [2.75, 3.05) is 12.8 Å². The van der Waals surface area contributed by atoms with Crippen LogP contribution in [0, 0.1) is 19.7 Å². The van der Waals surface area contributed by atoms with Crippen molar-refractivity contribution in [3.05, 3.63) is 41.1 Å². The molecule has 1 heterocycles. The first-order valence-corrected chi connectivity index (χ1v) is 5.65. The Morgan fingerprint density at radius 1 is 1.42 bits per heavy atom. The second-order valence-corrected chi connectivity index (χ2v) is 4.15. The fourth-order valence-electron chi connectivity index (χ4n) is 1.97. The maximum absolute atomic E-state index is 13.1. The van der Waals surface area contributed by atoms with Crippen molar-refractivity contribution in [1.29, 1.82) is 0 Å². The van der Waals surface area contributed by atoms with E-state index in [9.17, 15) is 9.18 Å². The van der Waals surface area contributed by atoms with E-state index in [1.807, 2.05) is 0 Å². The van der Waals surface area contributed by atoms with Gasteiger partial charge in [-0.05, 0) is 37.6 Å². The van der Waals surface area contributed by atoms with E-state index in [1.165, 1.54) is 19.2 Å². The van der Waals surface area contributed by atoms with E-state index in [4.69, 9.17) is 5.73 Å². The second-order valence-electron chi connectivity index (χ2n) is 4.15. The van der Waals surface area contributed by atoms with Gasteiger partial charge in [-0.1, -0.05) is 0 Å². The zero-order valence-corrected chi connectivity index (χ0v) is 10.9. The van der Waals surface area contributed by atoms with Crippen LogP contribution in [0.25, 0.3) is 5.69 Å². The number of rotatable bonds is 2. The lowest BCUT2D eigenvalue weighted by Crippen LogP contribution is -2.08. The van der Waals surface area contributed by atoms with Crippen LogP contribution in [-0.4, -0.2) is 22.6 Å². The summed E-state index contributed by atoms with van der Waals surface area (Å²) in [5, 5.41) is 0. The summed E-state index contributed by atoms with van der Waals surface area (Å²) in [6, 6.07) is 4.32. The third-order valence-corrected chi connectivity index (χ3v) is 2.86. The van der Waals surface area contributed by atoms with Crippen molar-refractivity contribution < 1.29 is 13.9 Å². The SMILES string of the molecule is COC(=O)c1nc(C)n(-c2ccc(F)cc2C)c1N. The van der Waals surface area contributed by atoms with Crippen LogP contribution in [0.3, 0.4) is 0 Å². The van der Waals surface area contributed by atoms with Crippen LogP contribution in [-0.2, 0) is 4.74 Å². The maximum atomic E-state index is 13.1. The summed E-state index contributed by atoms with van der Waals surface area (Å²) in [7, 11) is 1.26. The number of halogens is 1. The molecule has 0 bridgehead atoms. The van der Waals surface area contributed by atoms with Crippen molar-refractivity contribution in [2.24, 2.45) is 0 Å². The number of aromatic nitrogens is 2. The molecule has 1 aromatic heterocycles. The van der Waals surface area contributed by atoms with Gasteiger partial charge in [0.1, 0.15) is 17.5 Å². The average molecular weight is 263 g/mol. The van der Waals surface area contributed by atoms with Crippen LogP contribution in [0.4, 0.5) is 10.2 Å². The number of nitrogens with two attached hydrogens (primary N) is 1. The number of aryl methyl sites for hydroxylation is 2. The fraction of sp³-hybridized carbons (Fsp3) is 0.231. The van der Waals surface area contributed by atoms with Gasteiger partial charge in [0, 0.05) is 0 Å². The van der Waals surface area contributed by atoms with Crippen molar-refractivity contribution in [1.82, 2.24) is 9.55 Å². The monoisotopic (exact) mass is 263 g/mol. The molecule has 5 nitrogen and oxygen atoms in total. The number of hydrogen-bond acceptors (Lipinski definition) is 4. The summed E-state index contributed by atoms with van der Waals surface area (Å²) in [5.41, 5.74) is 7.36. The molecule has 0 aliphatic heterocycles. The lowest BCUT2D eigenvalue weighted by atomic mass is 10.2. The molecule has 2 aromatic rings. The summed E-state index contributed by atoms with van der Waals surface area (Å²) in [4.78, 5) is 15.6. The van der Waals surface area contributed by atoms with E-state index in [2.05, 4.69) is 9.72 Å². The molecule has 2 rings (SSSR count). The molecule has 1 aromatic carbocycles. The molecule has 19 heavy (non-hydrogen) atoms. The highest BCUT2D eigenvalue weighted by atomic mass is 19.1. The van der Waals surface area contributed by atoms with E-state index in [0.717, 1.165) is 0 Å². The van der Waals surface area contributed by atoms with E-state index in [0.29, 0.717) is 17.1 Å². The highest BCUT2D eigenvalue weighted by Gasteiger charge is 2.20. The van der Waals surface area contributed by atoms with Gasteiger partial charge >= 0.3 is 5.97 Å². The zero-order valence-electron chi connectivity index (χ0n) is 10.9. The van der Waals surface area contributed by atoms with E-state index in [1.54, 1.807) is 24.5 Å². The molecule has 0 atom stereocenters. The first-order chi connectivity index (χ1) is 8.95. The lowest BCUT2D eigenvalue weighted by Gasteiger charge is -2.10. The van der Waals surface area contributed by atoms with Crippen LogP contribution in [0.2, 0.25) is 0 Å². The molecule has 0 amide bonds. The maximum Gasteiger partial charge on any atom is 0.360 e. The van der Waals surface area contributed by atoms with Gasteiger partial charge in [-0.2, -0.15) is 0 Å². The van der Waals surface area contributed by atoms with E-state index < -0.39 is 5.97 Å². The predicted octanol–water partition coefficient (Wildman–Crippen LogP) is 2.00. The zero-order chi connectivity index (χ0) is 14.2. The molecule has 0 saturated heterocycles. The van der Waals surface area contributed by atoms with E-state index >= 15 is 0 Å². The normalized spacial score (nSPS) is 10.5. The van der Waals surface area contributed by atoms with Gasteiger partial charge in [0.05, 0.1) is 12.8 Å². The number of carbonyl (C=O) groups is 1. The number of nitrogens with zero attached hydrogens (tertiary/aromatic N) is 2. The van der Waals surface area contributed by atoms with Gasteiger partial charge in [-0.15, -0.1) is 0 Å². The van der Waals surface area contributed by atoms with Crippen molar-refractivity contribution in [3.8, 4) is 5.69 Å². The smallest absolute Gasteiger partial charge is 0.360 e. The Bertz CT molecular complexity index is 650. The van der Waals surface area contributed by atoms with Gasteiger partial charge in [-0.3, -0.25) is 4.57 Å². The highest BCUT2D eigenvalue weighted by Crippen LogP contribution is 2.24. The van der Waals surface area contributed by atoms with Crippen molar-refractivity contribution in [3.63, 3.8) is 0 Å². The van der Waals surface area contributed by atoms with Crippen LogP contribution < -0.4 is 5.73 Å². The van der Waals surface area contributed by atoms with Gasteiger partial charge < -0.3 is 10.5 Å². The molecule has 0 spiro atoms. The minimum atomic E-state index is -0.598. The standard InChI is InChI=1S/C13H14FN3O2/c1-7-6-9(14)4-5-10(7)17-8(2)16-11(12(17)15)13(18)19-3/h4-6H,15H2,1-3H3. The van der Waals surface area contributed by atoms with Crippen LogP contribution >= 0.6 is 0 Å². The number of imidazole rings is 1. The second kappa shape index (κ2) is 4.72. The molecule has 0 aliphatic rings. The Labute approximate surface area is 109 Å². The first-order valence-electron chi connectivity index (χ1n) is 5.65. The Hall–Kier alpha value is -2.37. The topological polar surface area (TPSA) is 70.1 Å². The third kappa shape index (κ3) is 2.16. The molecule has 2 N–H and O–H groups in total. The Kier molecular flexibility index (Phi) is 3.25. The Morgan fingerprint density at radius 3 is 2.68 bits per heavy atom. The van der Waals surface area contributed by atoms with Gasteiger partial charge in [0.15, 0.2) is 5.69 Å². The quantitative estimate of drug-likeness (QED) is 0.841. The molecule has 100 valence electrons. The number of benzene rings is 1. The highest BCUT2D eigenvalue weighted by molar-refractivity contribution is 5.92. The summed E-state index contributed by atoms with van der Waals surface area (Å²) >= 11 is 0. The average Bonchev–Trinajstić information content (AvgIpc) is 2.65. The Balaban J connectivity index is 2.63. The predicted molar refractivity (Wildman–Crippen MR) is 68.7 cm³/mol. The fourth-order valence-corrected chi connectivity index (χ4v) is 1.97. The summed E-state index contributed by atoms with van der Waals surface area (Å²) in [6.07, 6.45) is 0. The first kappa shape index (κ1) is 13.1. The van der Waals surface area contributed by atoms with Crippen LogP contribution in [0.15, 0.2) is 18.2 Å². The molecule has 6 heteroatoms. The molecular formula is C13H14FN3O2. The largest absolute Gasteiger partial charge is 0.464 e. The van der Waals surface area contributed by atoms with E-state index in [-0.39, 0.29) is 17.3 Å². The minimum Gasteiger partial charge on any atom is -0.464 e. The third-order valence-electron chi connectivity index (χ3n) is 2.86. The molecule has 0 radical (unpaired) electrons. The van der Waals surface area contributed by atoms with Gasteiger partial charge in [0.25, 0.3) is 0 Å². The van der Waals surface area contributed by atoms with Gasteiger partial charge in [-0.25, -0.2) is 14.2 Å². The summed E-state index contributed by atoms with van der Waals surface area (Å²) in [6.45, 7) is 3.47. The Morgan fingerprint density at radius 2 is 2.11 bits per heavy atom. The number of carbonyl (C=O) groups excluding carboxylic acids is 1. The molecule has 0 aliphatic carbocycles. The molecular weight excluding hydrogens is 249 g/mol. The summed E-state index contributed by atoms with van der Waals surface area (Å²) in [5.74, 6) is -0.212. The van der Waals surface area contributed by atoms with Crippen LogP contribution in [0.5, 0.6) is 0 Å². The molecule has 0 unspecified atom stereocenters. The molecule has 0 fully saturated rings. The number of methoxy groups -OCH3 is 1. The van der Waals surface area contributed by atoms with Crippen LogP contribution in [0.1, 0.15) is 21.9 Å². The lowest BCUT2D eigenvalue weighted by molar-refractivity contribution is 0.0596. The number of nitrogen functional groups attached to an aromatic ring is 1. The van der Waals surface area contributed by atoms with Gasteiger partial charge in [0.2, 0.25) is 0 Å². The number of hydrogen-bond donors (Lipinski definition) is 1. The summed E-state index contributed by atoms with van der Waals surface area (Å²) < 4.78 is 19.3. The minimum absolute atomic E-state index is 0.0590. The number of esters is 1. The van der Waals surface area contributed by atoms with Crippen molar-refractivity contribution >= 4 is 11.8 Å². The molecule has 0 saturated carbocycles. The van der Waals surface area contributed by atoms with Crippen molar-refractivity contribution in [2.45, 2.75) is 13.8 Å². The number of anilines is 1.